The highest BCUT2D eigenvalue weighted by Crippen LogP contribution is 2.32. The molecule has 14 heteroatoms. The van der Waals surface area contributed by atoms with Crippen LogP contribution in [0.2, 0.25) is 0 Å². The number of ether oxygens (including phenoxy) is 2. The second kappa shape index (κ2) is 12.5. The third kappa shape index (κ3) is 7.04. The van der Waals surface area contributed by atoms with Gasteiger partial charge in [-0.2, -0.15) is 13.2 Å². The Labute approximate surface area is 242 Å². The maximum absolute atomic E-state index is 14.0. The summed E-state index contributed by atoms with van der Waals surface area (Å²) in [6.07, 6.45) is -3.39. The van der Waals surface area contributed by atoms with Crippen molar-refractivity contribution in [3.63, 3.8) is 0 Å². The Morgan fingerprint density at radius 2 is 1.65 bits per heavy atom. The van der Waals surface area contributed by atoms with Gasteiger partial charge in [0.15, 0.2) is 0 Å². The van der Waals surface area contributed by atoms with E-state index in [9.17, 15) is 31.9 Å². The third-order valence-electron chi connectivity index (χ3n) is 6.28. The molecule has 0 aliphatic heterocycles. The number of alkyl halides is 3. The van der Waals surface area contributed by atoms with Crippen LogP contribution in [0.25, 0.3) is 11.1 Å². The zero-order valence-corrected chi connectivity index (χ0v) is 22.7. The van der Waals surface area contributed by atoms with Crippen LogP contribution in [0, 0.1) is 5.82 Å². The SMILES string of the molecule is COc1ccc(CNC(=O)c2c[nH]c(C(N)=O)c2-c2ccc(NC(=O)Nc3cc(C(F)(F)F)ccc3F)cc2)c(OC)c1. The van der Waals surface area contributed by atoms with Gasteiger partial charge in [0.2, 0.25) is 0 Å². The molecular formula is C29H25F4N5O5. The number of benzene rings is 3. The number of primary amides is 1. The van der Waals surface area contributed by atoms with Gasteiger partial charge in [-0.1, -0.05) is 12.1 Å². The van der Waals surface area contributed by atoms with E-state index >= 15 is 0 Å². The lowest BCUT2D eigenvalue weighted by Gasteiger charge is -2.13. The number of aromatic amines is 1. The summed E-state index contributed by atoms with van der Waals surface area (Å²) in [7, 11) is 2.99. The fraction of sp³-hybridized carbons (Fsp3) is 0.138. The van der Waals surface area contributed by atoms with Crippen LogP contribution in [-0.4, -0.2) is 37.0 Å². The van der Waals surface area contributed by atoms with Crippen LogP contribution in [-0.2, 0) is 12.7 Å². The molecule has 1 aromatic heterocycles. The van der Waals surface area contributed by atoms with Gasteiger partial charge >= 0.3 is 12.2 Å². The first-order valence-electron chi connectivity index (χ1n) is 12.5. The van der Waals surface area contributed by atoms with E-state index in [-0.39, 0.29) is 29.1 Å². The fourth-order valence-electron chi connectivity index (χ4n) is 4.17. The van der Waals surface area contributed by atoms with Gasteiger partial charge in [0.05, 0.1) is 31.0 Å². The number of H-pyrrole nitrogens is 1. The Hall–Kier alpha value is -5.53. The average Bonchev–Trinajstić information content (AvgIpc) is 3.42. The number of amides is 4. The Kier molecular flexibility index (Phi) is 8.88. The van der Waals surface area contributed by atoms with Crippen molar-refractivity contribution in [2.24, 2.45) is 5.73 Å². The summed E-state index contributed by atoms with van der Waals surface area (Å²) in [4.78, 5) is 40.3. The minimum absolute atomic E-state index is 0.0364. The monoisotopic (exact) mass is 599 g/mol. The number of carbonyl (C=O) groups excluding carboxylic acids is 3. The number of urea groups is 1. The van der Waals surface area contributed by atoms with Crippen LogP contribution in [0.1, 0.15) is 32.0 Å². The summed E-state index contributed by atoms with van der Waals surface area (Å²) < 4.78 is 63.4. The summed E-state index contributed by atoms with van der Waals surface area (Å²) in [6.45, 7) is 0.0902. The maximum Gasteiger partial charge on any atom is 0.416 e. The topological polar surface area (TPSA) is 148 Å². The standard InChI is InChI=1S/C29H25F4N5O5/c1-42-19-9-5-16(23(12-19)43-2)13-36-27(40)20-14-35-25(26(34)39)24(20)15-3-7-18(8-4-15)37-28(41)38-22-11-17(29(31,32)33)6-10-21(22)30/h3-12,14,35H,13H2,1-2H3,(H2,34,39)(H,36,40)(H2,37,38,41). The largest absolute Gasteiger partial charge is 0.497 e. The van der Waals surface area contributed by atoms with Gasteiger partial charge in [0.25, 0.3) is 11.8 Å². The van der Waals surface area contributed by atoms with Gasteiger partial charge in [0.1, 0.15) is 23.0 Å². The normalized spacial score (nSPS) is 11.0. The molecule has 0 fully saturated rings. The van der Waals surface area contributed by atoms with Gasteiger partial charge in [-0.15, -0.1) is 0 Å². The predicted octanol–water partition coefficient (Wildman–Crippen LogP) is 5.53. The molecule has 4 rings (SSSR count). The van der Waals surface area contributed by atoms with Gasteiger partial charge in [-0.05, 0) is 48.0 Å². The second-order valence-corrected chi connectivity index (χ2v) is 9.03. The van der Waals surface area contributed by atoms with Crippen LogP contribution in [0.15, 0.2) is 66.9 Å². The number of methoxy groups -OCH3 is 2. The van der Waals surface area contributed by atoms with E-state index in [2.05, 4.69) is 15.6 Å². The van der Waals surface area contributed by atoms with Crippen molar-refractivity contribution in [1.29, 1.82) is 0 Å². The van der Waals surface area contributed by atoms with Crippen LogP contribution in [0.3, 0.4) is 0 Å². The molecule has 0 atom stereocenters. The Bertz CT molecular complexity index is 1670. The lowest BCUT2D eigenvalue weighted by Crippen LogP contribution is -2.23. The molecule has 10 nitrogen and oxygen atoms in total. The number of hydrogen-bond donors (Lipinski definition) is 5. The average molecular weight is 600 g/mol. The number of anilines is 2. The quantitative estimate of drug-likeness (QED) is 0.161. The lowest BCUT2D eigenvalue weighted by molar-refractivity contribution is -0.137. The van der Waals surface area contributed by atoms with Crippen molar-refractivity contribution in [3.8, 4) is 22.6 Å². The minimum Gasteiger partial charge on any atom is -0.497 e. The van der Waals surface area contributed by atoms with E-state index in [0.717, 1.165) is 0 Å². The first-order chi connectivity index (χ1) is 20.4. The Balaban J connectivity index is 1.51. The molecule has 0 spiro atoms. The molecule has 224 valence electrons. The number of rotatable bonds is 9. The summed E-state index contributed by atoms with van der Waals surface area (Å²) in [5, 5.41) is 7.20. The number of nitrogens with two attached hydrogens (primary N) is 1. The lowest BCUT2D eigenvalue weighted by atomic mass is 10.00. The third-order valence-corrected chi connectivity index (χ3v) is 6.28. The molecule has 0 bridgehead atoms. The molecular weight excluding hydrogens is 574 g/mol. The van der Waals surface area contributed by atoms with Crippen LogP contribution in [0.5, 0.6) is 11.5 Å². The van der Waals surface area contributed by atoms with Crippen molar-refractivity contribution < 1.29 is 41.4 Å². The van der Waals surface area contributed by atoms with Crippen LogP contribution >= 0.6 is 0 Å². The highest BCUT2D eigenvalue weighted by molar-refractivity contribution is 6.08. The van der Waals surface area contributed by atoms with Gasteiger partial charge in [-0.3, -0.25) is 9.59 Å². The summed E-state index contributed by atoms with van der Waals surface area (Å²) in [6, 6.07) is 11.5. The first-order valence-corrected chi connectivity index (χ1v) is 12.5. The molecule has 4 aromatic rings. The van der Waals surface area contributed by atoms with E-state index in [0.29, 0.717) is 40.8 Å². The van der Waals surface area contributed by atoms with Crippen molar-refractivity contribution in [1.82, 2.24) is 10.3 Å². The maximum atomic E-state index is 14.0. The Morgan fingerprint density at radius 3 is 2.28 bits per heavy atom. The Morgan fingerprint density at radius 1 is 0.930 bits per heavy atom. The highest BCUT2D eigenvalue weighted by Gasteiger charge is 2.31. The molecule has 0 saturated carbocycles. The molecule has 0 aliphatic carbocycles. The van der Waals surface area contributed by atoms with Crippen LogP contribution < -0.4 is 31.2 Å². The number of aromatic nitrogens is 1. The van der Waals surface area contributed by atoms with Crippen molar-refractivity contribution in [2.75, 3.05) is 24.9 Å². The summed E-state index contributed by atoms with van der Waals surface area (Å²) in [5.74, 6) is -1.34. The molecule has 0 unspecified atom stereocenters. The van der Waals surface area contributed by atoms with E-state index in [1.807, 2.05) is 5.32 Å². The van der Waals surface area contributed by atoms with E-state index in [4.69, 9.17) is 15.2 Å². The number of hydrogen-bond acceptors (Lipinski definition) is 5. The first kappa shape index (κ1) is 30.4. The number of carbonyl (C=O) groups is 3. The zero-order chi connectivity index (χ0) is 31.3. The van der Waals surface area contributed by atoms with E-state index in [1.165, 1.54) is 44.7 Å². The molecule has 0 saturated heterocycles. The van der Waals surface area contributed by atoms with Crippen molar-refractivity contribution >= 4 is 29.2 Å². The molecule has 43 heavy (non-hydrogen) atoms. The molecule has 6 N–H and O–H groups in total. The molecule has 0 radical (unpaired) electrons. The molecule has 4 amide bonds. The molecule has 1 heterocycles. The van der Waals surface area contributed by atoms with E-state index in [1.54, 1.807) is 18.2 Å². The number of nitrogens with one attached hydrogen (secondary N) is 4. The summed E-state index contributed by atoms with van der Waals surface area (Å²) >= 11 is 0. The van der Waals surface area contributed by atoms with Gasteiger partial charge < -0.3 is 36.1 Å². The van der Waals surface area contributed by atoms with Gasteiger partial charge in [0, 0.05) is 35.6 Å². The summed E-state index contributed by atoms with van der Waals surface area (Å²) in [5.41, 5.74) is 5.24. The predicted molar refractivity (Wildman–Crippen MR) is 150 cm³/mol. The minimum atomic E-state index is -4.73. The van der Waals surface area contributed by atoms with Crippen molar-refractivity contribution in [3.05, 3.63) is 95.1 Å². The second-order valence-electron chi connectivity index (χ2n) is 9.03. The molecule has 0 aliphatic rings. The zero-order valence-electron chi connectivity index (χ0n) is 22.7. The van der Waals surface area contributed by atoms with Crippen LogP contribution in [0.4, 0.5) is 33.7 Å². The van der Waals surface area contributed by atoms with E-state index < -0.39 is 41.1 Å². The van der Waals surface area contributed by atoms with Crippen molar-refractivity contribution in [2.45, 2.75) is 12.7 Å². The highest BCUT2D eigenvalue weighted by atomic mass is 19.4. The fourth-order valence-corrected chi connectivity index (χ4v) is 4.17. The smallest absolute Gasteiger partial charge is 0.416 e. The number of halogens is 4. The molecule has 3 aromatic carbocycles. The van der Waals surface area contributed by atoms with Gasteiger partial charge in [-0.25, -0.2) is 9.18 Å².